The molecular weight excluding hydrogens is 322 g/mol. The summed E-state index contributed by atoms with van der Waals surface area (Å²) in [4.78, 5) is 21.4. The number of aromatic nitrogens is 5. The molecule has 8 nitrogen and oxygen atoms in total. The Morgan fingerprint density at radius 1 is 1.12 bits per heavy atom. The molecule has 3 aromatic heterocycles. The maximum Gasteiger partial charge on any atom is 0.266 e. The van der Waals surface area contributed by atoms with Gasteiger partial charge in [0, 0.05) is 18.5 Å². The van der Waals surface area contributed by atoms with Gasteiger partial charge in [-0.3, -0.25) is 9.36 Å². The van der Waals surface area contributed by atoms with Crippen molar-refractivity contribution in [3.8, 4) is 17.2 Å². The Morgan fingerprint density at radius 3 is 2.84 bits per heavy atom. The Bertz CT molecular complexity index is 1190. The second-order valence-corrected chi connectivity index (χ2v) is 5.75. The van der Waals surface area contributed by atoms with Gasteiger partial charge in [-0.05, 0) is 25.1 Å². The number of fused-ring (bicyclic) bond motifs is 4. The summed E-state index contributed by atoms with van der Waals surface area (Å²) in [6, 6.07) is 7.26. The summed E-state index contributed by atoms with van der Waals surface area (Å²) in [7, 11) is 0. The third-order valence-electron chi connectivity index (χ3n) is 4.14. The van der Waals surface area contributed by atoms with Crippen LogP contribution in [-0.4, -0.2) is 37.4 Å². The zero-order valence-corrected chi connectivity index (χ0v) is 13.3. The number of nitrogens with zero attached hydrogens (tertiary/aromatic N) is 5. The van der Waals surface area contributed by atoms with Gasteiger partial charge in [0.05, 0.1) is 16.6 Å². The number of hydrogen-bond donors (Lipinski definition) is 0. The summed E-state index contributed by atoms with van der Waals surface area (Å²) in [6.45, 7) is 2.81. The van der Waals surface area contributed by atoms with Crippen molar-refractivity contribution in [3.05, 3.63) is 52.8 Å². The third-order valence-corrected chi connectivity index (χ3v) is 4.14. The van der Waals surface area contributed by atoms with Gasteiger partial charge in [0.1, 0.15) is 19.0 Å². The van der Waals surface area contributed by atoms with Crippen LogP contribution in [0.4, 0.5) is 0 Å². The number of pyridine rings is 1. The Hall–Kier alpha value is -3.42. The van der Waals surface area contributed by atoms with E-state index in [2.05, 4.69) is 15.1 Å². The van der Waals surface area contributed by atoms with Crippen molar-refractivity contribution < 1.29 is 9.47 Å². The Kier molecular flexibility index (Phi) is 2.81. The predicted molar refractivity (Wildman–Crippen MR) is 89.6 cm³/mol. The van der Waals surface area contributed by atoms with Crippen molar-refractivity contribution in [2.45, 2.75) is 6.92 Å². The Balaban J connectivity index is 1.73. The normalized spacial score (nSPS) is 13.5. The van der Waals surface area contributed by atoms with Crippen molar-refractivity contribution in [1.82, 2.24) is 24.1 Å². The molecule has 0 atom stereocenters. The molecule has 0 N–H and O–H groups in total. The fraction of sp³-hybridized carbons (Fsp3) is 0.176. The predicted octanol–water partition coefficient (Wildman–Crippen LogP) is 1.51. The molecule has 4 heterocycles. The minimum Gasteiger partial charge on any atom is -0.486 e. The first-order chi connectivity index (χ1) is 12.2. The van der Waals surface area contributed by atoms with E-state index in [-0.39, 0.29) is 5.56 Å². The fourth-order valence-electron chi connectivity index (χ4n) is 3.00. The van der Waals surface area contributed by atoms with Crippen LogP contribution < -0.4 is 15.0 Å². The van der Waals surface area contributed by atoms with E-state index in [0.29, 0.717) is 52.9 Å². The van der Waals surface area contributed by atoms with Crippen molar-refractivity contribution in [2.24, 2.45) is 0 Å². The zero-order chi connectivity index (χ0) is 17.0. The molecular formula is C17H13N5O3. The molecule has 0 fully saturated rings. The van der Waals surface area contributed by atoms with Crippen molar-refractivity contribution in [3.63, 3.8) is 0 Å². The van der Waals surface area contributed by atoms with Crippen LogP contribution in [0.15, 0.2) is 41.5 Å². The average Bonchev–Trinajstić information content (AvgIpc) is 3.02. The monoisotopic (exact) mass is 335 g/mol. The van der Waals surface area contributed by atoms with E-state index in [1.54, 1.807) is 28.3 Å². The number of ether oxygens (including phenoxy) is 2. The first kappa shape index (κ1) is 14.0. The summed E-state index contributed by atoms with van der Waals surface area (Å²) >= 11 is 0. The summed E-state index contributed by atoms with van der Waals surface area (Å²) in [6.07, 6.45) is 3.25. The van der Waals surface area contributed by atoms with Crippen LogP contribution in [0, 0.1) is 6.92 Å². The highest BCUT2D eigenvalue weighted by molar-refractivity contribution is 5.79. The van der Waals surface area contributed by atoms with E-state index in [1.165, 1.54) is 6.20 Å². The molecule has 1 aromatic carbocycles. The minimum absolute atomic E-state index is 0.184. The summed E-state index contributed by atoms with van der Waals surface area (Å²) in [5.74, 6) is 2.40. The van der Waals surface area contributed by atoms with Crippen molar-refractivity contribution in [1.29, 1.82) is 0 Å². The van der Waals surface area contributed by atoms with E-state index in [0.717, 1.165) is 0 Å². The Morgan fingerprint density at radius 2 is 1.96 bits per heavy atom. The van der Waals surface area contributed by atoms with Crippen LogP contribution in [0.25, 0.3) is 22.4 Å². The first-order valence-electron chi connectivity index (χ1n) is 7.84. The average molecular weight is 335 g/mol. The number of aryl methyl sites for hydroxylation is 1. The molecule has 5 rings (SSSR count). The molecule has 0 aliphatic carbocycles. The number of hydrogen-bond acceptors (Lipinski definition) is 6. The lowest BCUT2D eigenvalue weighted by Crippen LogP contribution is -2.20. The first-order valence-corrected chi connectivity index (χ1v) is 7.84. The molecule has 8 heteroatoms. The topological polar surface area (TPSA) is 83.5 Å². The van der Waals surface area contributed by atoms with Gasteiger partial charge in [-0.15, -0.1) is 5.10 Å². The lowest BCUT2D eigenvalue weighted by molar-refractivity contribution is 0.171. The number of rotatable bonds is 1. The molecule has 0 spiro atoms. The van der Waals surface area contributed by atoms with Gasteiger partial charge < -0.3 is 9.47 Å². The summed E-state index contributed by atoms with van der Waals surface area (Å²) in [5, 5.41) is 4.77. The summed E-state index contributed by atoms with van der Waals surface area (Å²) in [5.41, 5.74) is 1.19. The maximum atomic E-state index is 12.9. The van der Waals surface area contributed by atoms with Crippen LogP contribution in [0.5, 0.6) is 11.5 Å². The van der Waals surface area contributed by atoms with E-state index < -0.39 is 0 Å². The molecule has 0 saturated carbocycles. The maximum absolute atomic E-state index is 12.9. The molecule has 1 aliphatic rings. The molecule has 4 aromatic rings. The quantitative estimate of drug-likeness (QED) is 0.524. The van der Waals surface area contributed by atoms with Gasteiger partial charge in [0.15, 0.2) is 11.5 Å². The molecule has 0 radical (unpaired) electrons. The van der Waals surface area contributed by atoms with Crippen LogP contribution in [0.1, 0.15) is 5.82 Å². The van der Waals surface area contributed by atoms with Gasteiger partial charge >= 0.3 is 0 Å². The lowest BCUT2D eigenvalue weighted by atomic mass is 10.2. The van der Waals surface area contributed by atoms with Gasteiger partial charge in [0.2, 0.25) is 0 Å². The standard InChI is InChI=1S/C17H13N5O3/c1-10-19-17-18-9-12-13(22(17)20-10)4-5-21(16(12)23)11-2-3-14-15(8-11)25-7-6-24-14/h2-5,8-9H,6-7H2,1H3. The third kappa shape index (κ3) is 2.07. The molecule has 124 valence electrons. The Labute approximate surface area is 141 Å². The van der Waals surface area contributed by atoms with Gasteiger partial charge in [-0.2, -0.15) is 9.50 Å². The van der Waals surface area contributed by atoms with E-state index >= 15 is 0 Å². The highest BCUT2D eigenvalue weighted by Crippen LogP contribution is 2.31. The van der Waals surface area contributed by atoms with Crippen LogP contribution in [0.3, 0.4) is 0 Å². The summed E-state index contributed by atoms with van der Waals surface area (Å²) < 4.78 is 14.3. The van der Waals surface area contributed by atoms with Gasteiger partial charge in [-0.25, -0.2) is 4.98 Å². The lowest BCUT2D eigenvalue weighted by Gasteiger charge is -2.19. The second kappa shape index (κ2) is 5.04. The van der Waals surface area contributed by atoms with Crippen molar-refractivity contribution >= 4 is 16.7 Å². The van der Waals surface area contributed by atoms with Crippen LogP contribution in [0.2, 0.25) is 0 Å². The smallest absolute Gasteiger partial charge is 0.266 e. The zero-order valence-electron chi connectivity index (χ0n) is 13.3. The molecule has 0 unspecified atom stereocenters. The molecule has 0 saturated heterocycles. The van der Waals surface area contributed by atoms with Gasteiger partial charge in [-0.1, -0.05) is 0 Å². The van der Waals surface area contributed by atoms with E-state index in [1.807, 2.05) is 18.2 Å². The number of benzene rings is 1. The molecule has 0 amide bonds. The highest BCUT2D eigenvalue weighted by Gasteiger charge is 2.15. The molecule has 1 aliphatic heterocycles. The van der Waals surface area contributed by atoms with E-state index in [4.69, 9.17) is 9.47 Å². The SMILES string of the molecule is Cc1nc2ncc3c(=O)n(-c4ccc5c(c4)OCCO5)ccc3n2n1. The fourth-order valence-corrected chi connectivity index (χ4v) is 3.00. The largest absolute Gasteiger partial charge is 0.486 e. The van der Waals surface area contributed by atoms with E-state index in [9.17, 15) is 4.79 Å². The molecule has 25 heavy (non-hydrogen) atoms. The van der Waals surface area contributed by atoms with Gasteiger partial charge in [0.25, 0.3) is 11.3 Å². The van der Waals surface area contributed by atoms with Crippen LogP contribution in [-0.2, 0) is 0 Å². The van der Waals surface area contributed by atoms with Crippen molar-refractivity contribution in [2.75, 3.05) is 13.2 Å². The second-order valence-electron chi connectivity index (χ2n) is 5.75. The molecule has 0 bridgehead atoms. The van der Waals surface area contributed by atoms with Crippen LogP contribution >= 0.6 is 0 Å². The highest BCUT2D eigenvalue weighted by atomic mass is 16.6. The minimum atomic E-state index is -0.184.